The Morgan fingerprint density at radius 3 is 2.61 bits per heavy atom. The summed E-state index contributed by atoms with van der Waals surface area (Å²) in [5.41, 5.74) is 0.954. The van der Waals surface area contributed by atoms with Gasteiger partial charge in [0.1, 0.15) is 5.82 Å². The van der Waals surface area contributed by atoms with E-state index in [-0.39, 0.29) is 23.9 Å². The van der Waals surface area contributed by atoms with Gasteiger partial charge in [-0.15, -0.1) is 0 Å². The topological polar surface area (TPSA) is 82.7 Å². The van der Waals surface area contributed by atoms with Crippen LogP contribution in [-0.4, -0.2) is 56.3 Å². The summed E-state index contributed by atoms with van der Waals surface area (Å²) in [6, 6.07) is 6.23. The summed E-state index contributed by atoms with van der Waals surface area (Å²) in [6.45, 7) is 4.93. The Morgan fingerprint density at radius 2 is 1.96 bits per heavy atom. The molecule has 2 heterocycles. The molecule has 1 saturated carbocycles. The van der Waals surface area contributed by atoms with Crippen LogP contribution in [0, 0.1) is 5.82 Å². The van der Waals surface area contributed by atoms with E-state index in [1.165, 1.54) is 17.0 Å². The normalized spacial score (nSPS) is 24.3. The third-order valence-corrected chi connectivity index (χ3v) is 5.73. The van der Waals surface area contributed by atoms with Crippen LogP contribution in [0.2, 0.25) is 0 Å². The summed E-state index contributed by atoms with van der Waals surface area (Å²) in [6.07, 6.45) is 1.82. The van der Waals surface area contributed by atoms with Gasteiger partial charge in [-0.2, -0.15) is 4.98 Å². The molecule has 28 heavy (non-hydrogen) atoms. The number of carboxylic acid groups (broad SMARTS) is 1. The van der Waals surface area contributed by atoms with Crippen molar-refractivity contribution in [3.63, 3.8) is 0 Å². The number of nitrogens with zero attached hydrogens (tertiary/aromatic N) is 4. The molecular formula is C20H25FN4O3. The molecule has 2 fully saturated rings. The van der Waals surface area contributed by atoms with Gasteiger partial charge < -0.3 is 14.5 Å². The Labute approximate surface area is 163 Å². The van der Waals surface area contributed by atoms with Gasteiger partial charge in [0.2, 0.25) is 5.89 Å². The van der Waals surface area contributed by atoms with Crippen LogP contribution in [0.1, 0.15) is 55.9 Å². The maximum Gasteiger partial charge on any atom is 0.407 e. The minimum Gasteiger partial charge on any atom is -0.465 e. The van der Waals surface area contributed by atoms with Crippen LogP contribution in [0.25, 0.3) is 0 Å². The maximum absolute atomic E-state index is 13.5. The summed E-state index contributed by atoms with van der Waals surface area (Å²) in [5, 5.41) is 13.5. The van der Waals surface area contributed by atoms with E-state index < -0.39 is 6.09 Å². The first-order valence-electron chi connectivity index (χ1n) is 9.75. The monoisotopic (exact) mass is 388 g/mol. The SMILES string of the molecule is CC1CN(C(=O)O)[C@@H](C)CN1C(Cc1nc(C2CC2)no1)c1ccc(F)cc1. The molecule has 1 aromatic carbocycles. The van der Waals surface area contributed by atoms with E-state index in [1.807, 2.05) is 13.8 Å². The zero-order valence-corrected chi connectivity index (χ0v) is 16.1. The second kappa shape index (κ2) is 7.50. The number of hydrogen-bond acceptors (Lipinski definition) is 5. The van der Waals surface area contributed by atoms with Gasteiger partial charge in [-0.05, 0) is 44.4 Å². The van der Waals surface area contributed by atoms with Gasteiger partial charge in [-0.25, -0.2) is 9.18 Å². The van der Waals surface area contributed by atoms with Gasteiger partial charge in [0, 0.05) is 43.6 Å². The van der Waals surface area contributed by atoms with E-state index >= 15 is 0 Å². The van der Waals surface area contributed by atoms with E-state index in [0.29, 0.717) is 31.3 Å². The molecule has 1 aliphatic carbocycles. The van der Waals surface area contributed by atoms with Crippen molar-refractivity contribution in [3.05, 3.63) is 47.4 Å². The highest BCUT2D eigenvalue weighted by atomic mass is 19.1. The molecule has 0 bridgehead atoms. The molecule has 1 N–H and O–H groups in total. The van der Waals surface area contributed by atoms with Crippen molar-refractivity contribution in [1.29, 1.82) is 0 Å². The first-order chi connectivity index (χ1) is 13.4. The fraction of sp³-hybridized carbons (Fsp3) is 0.550. The predicted molar refractivity (Wildman–Crippen MR) is 99.5 cm³/mol. The lowest BCUT2D eigenvalue weighted by Gasteiger charge is -2.46. The van der Waals surface area contributed by atoms with Crippen LogP contribution in [-0.2, 0) is 6.42 Å². The second-order valence-electron chi connectivity index (χ2n) is 7.92. The number of hydrogen-bond donors (Lipinski definition) is 1. The smallest absolute Gasteiger partial charge is 0.407 e. The molecule has 0 radical (unpaired) electrons. The molecule has 1 aliphatic heterocycles. The minimum atomic E-state index is -0.900. The molecule has 1 saturated heterocycles. The van der Waals surface area contributed by atoms with Crippen LogP contribution >= 0.6 is 0 Å². The average Bonchev–Trinajstić information content (AvgIpc) is 3.41. The molecule has 7 nitrogen and oxygen atoms in total. The van der Waals surface area contributed by atoms with E-state index in [9.17, 15) is 14.3 Å². The van der Waals surface area contributed by atoms with Gasteiger partial charge in [0.05, 0.1) is 0 Å². The Hall–Kier alpha value is -2.48. The number of halogens is 1. The number of piperazine rings is 1. The largest absolute Gasteiger partial charge is 0.465 e. The fourth-order valence-corrected chi connectivity index (χ4v) is 3.99. The van der Waals surface area contributed by atoms with Crippen LogP contribution in [0.3, 0.4) is 0 Å². The number of aromatic nitrogens is 2. The van der Waals surface area contributed by atoms with Gasteiger partial charge in [-0.3, -0.25) is 4.90 Å². The lowest BCUT2D eigenvalue weighted by molar-refractivity contribution is 0.0170. The first kappa shape index (κ1) is 18.9. The number of benzene rings is 1. The van der Waals surface area contributed by atoms with Crippen molar-refractivity contribution in [2.45, 2.75) is 57.2 Å². The fourth-order valence-electron chi connectivity index (χ4n) is 3.99. The van der Waals surface area contributed by atoms with E-state index in [2.05, 4.69) is 15.0 Å². The quantitative estimate of drug-likeness (QED) is 0.845. The first-order valence-corrected chi connectivity index (χ1v) is 9.75. The third kappa shape index (κ3) is 3.87. The molecular weight excluding hydrogens is 363 g/mol. The van der Waals surface area contributed by atoms with Crippen LogP contribution in [0.5, 0.6) is 0 Å². The molecule has 1 aromatic heterocycles. The zero-order valence-electron chi connectivity index (χ0n) is 16.1. The lowest BCUT2D eigenvalue weighted by Crippen LogP contribution is -2.58. The van der Waals surface area contributed by atoms with Gasteiger partial charge >= 0.3 is 6.09 Å². The summed E-state index contributed by atoms with van der Waals surface area (Å²) in [5.74, 6) is 1.47. The molecule has 2 aliphatic rings. The van der Waals surface area contributed by atoms with E-state index in [1.54, 1.807) is 12.1 Å². The van der Waals surface area contributed by atoms with Crippen molar-refractivity contribution in [2.24, 2.45) is 0 Å². The second-order valence-corrected chi connectivity index (χ2v) is 7.92. The van der Waals surface area contributed by atoms with Crippen molar-refractivity contribution in [1.82, 2.24) is 19.9 Å². The molecule has 2 unspecified atom stereocenters. The highest BCUT2D eigenvalue weighted by Gasteiger charge is 2.37. The number of amides is 1. The van der Waals surface area contributed by atoms with Crippen molar-refractivity contribution in [2.75, 3.05) is 13.1 Å². The van der Waals surface area contributed by atoms with Crippen molar-refractivity contribution >= 4 is 6.09 Å². The Morgan fingerprint density at radius 1 is 1.25 bits per heavy atom. The molecule has 4 rings (SSSR count). The van der Waals surface area contributed by atoms with Crippen LogP contribution in [0.4, 0.5) is 9.18 Å². The Bertz CT molecular complexity index is 836. The van der Waals surface area contributed by atoms with Crippen molar-refractivity contribution in [3.8, 4) is 0 Å². The summed E-state index contributed by atoms with van der Waals surface area (Å²) < 4.78 is 19.0. The number of rotatable bonds is 5. The van der Waals surface area contributed by atoms with Gasteiger partial charge in [0.25, 0.3) is 0 Å². The van der Waals surface area contributed by atoms with Crippen molar-refractivity contribution < 1.29 is 18.8 Å². The van der Waals surface area contributed by atoms with Gasteiger partial charge in [0.15, 0.2) is 5.82 Å². The highest BCUT2D eigenvalue weighted by Crippen LogP contribution is 2.38. The van der Waals surface area contributed by atoms with Crippen LogP contribution in [0.15, 0.2) is 28.8 Å². The molecule has 2 aromatic rings. The predicted octanol–water partition coefficient (Wildman–Crippen LogP) is 3.44. The highest BCUT2D eigenvalue weighted by molar-refractivity contribution is 5.65. The summed E-state index contributed by atoms with van der Waals surface area (Å²) >= 11 is 0. The molecule has 3 atom stereocenters. The summed E-state index contributed by atoms with van der Waals surface area (Å²) in [4.78, 5) is 19.8. The van der Waals surface area contributed by atoms with Gasteiger partial charge in [-0.1, -0.05) is 17.3 Å². The van der Waals surface area contributed by atoms with E-state index in [4.69, 9.17) is 4.52 Å². The minimum absolute atomic E-state index is 0.00757. The summed E-state index contributed by atoms with van der Waals surface area (Å²) in [7, 11) is 0. The van der Waals surface area contributed by atoms with Crippen LogP contribution < -0.4 is 0 Å². The molecule has 150 valence electrons. The third-order valence-electron chi connectivity index (χ3n) is 5.73. The molecule has 1 amide bonds. The molecule has 0 spiro atoms. The average molecular weight is 388 g/mol. The Balaban J connectivity index is 1.60. The zero-order chi connectivity index (χ0) is 19.8. The van der Waals surface area contributed by atoms with E-state index in [0.717, 1.165) is 24.2 Å². The maximum atomic E-state index is 13.5. The Kier molecular flexibility index (Phi) is 5.05. The standard InChI is InChI=1S/C20H25FN4O3/c1-12-11-25(20(26)27)13(2)10-24(12)17(14-5-7-16(21)8-6-14)9-18-22-19(23-28-18)15-3-4-15/h5-8,12-13,15,17H,3-4,9-11H2,1-2H3,(H,26,27)/t12?,13-,17?/m0/s1. The number of carbonyl (C=O) groups is 1. The molecule has 8 heteroatoms. The lowest BCUT2D eigenvalue weighted by atomic mass is 9.97.